The molecule has 0 aromatic heterocycles. The molecule has 0 heterocycles. The predicted octanol–water partition coefficient (Wildman–Crippen LogP) is 4.97. The van der Waals surface area contributed by atoms with Gasteiger partial charge in [0.2, 0.25) is 0 Å². The highest BCUT2D eigenvalue weighted by molar-refractivity contribution is 6.00. The summed E-state index contributed by atoms with van der Waals surface area (Å²) in [6.07, 6.45) is -5.55. The van der Waals surface area contributed by atoms with Gasteiger partial charge in [0.15, 0.2) is 0 Å². The zero-order valence-electron chi connectivity index (χ0n) is 15.1. The summed E-state index contributed by atoms with van der Waals surface area (Å²) in [5.41, 5.74) is 0.704. The van der Waals surface area contributed by atoms with Gasteiger partial charge in [0, 0.05) is 12.1 Å². The van der Waals surface area contributed by atoms with Gasteiger partial charge in [0.25, 0.3) is 5.91 Å². The summed E-state index contributed by atoms with van der Waals surface area (Å²) < 4.78 is 51.5. The van der Waals surface area contributed by atoms with E-state index in [1.165, 1.54) is 42.5 Å². The first-order valence-corrected chi connectivity index (χ1v) is 8.74. The SMILES string of the molecule is O=C(NCC(O)c1cccc(F)c1)c1ccccc1-c1ccc(C(F)(F)F)cc1. The molecule has 0 spiro atoms. The summed E-state index contributed by atoms with van der Waals surface area (Å²) in [5.74, 6) is -1.00. The van der Waals surface area contributed by atoms with E-state index in [1.54, 1.807) is 18.2 Å². The van der Waals surface area contributed by atoms with Gasteiger partial charge in [0.05, 0.1) is 11.7 Å². The van der Waals surface area contributed by atoms with Gasteiger partial charge in [-0.1, -0.05) is 42.5 Å². The van der Waals surface area contributed by atoms with Crippen LogP contribution in [0.4, 0.5) is 17.6 Å². The van der Waals surface area contributed by atoms with Gasteiger partial charge < -0.3 is 10.4 Å². The maximum atomic E-state index is 13.3. The zero-order valence-corrected chi connectivity index (χ0v) is 15.1. The van der Waals surface area contributed by atoms with Crippen molar-refractivity contribution in [1.82, 2.24) is 5.32 Å². The summed E-state index contributed by atoms with van der Waals surface area (Å²) in [4.78, 5) is 12.6. The van der Waals surface area contributed by atoms with Crippen LogP contribution in [-0.2, 0) is 6.18 Å². The lowest BCUT2D eigenvalue weighted by atomic mass is 9.98. The molecule has 0 aliphatic rings. The van der Waals surface area contributed by atoms with Gasteiger partial charge in [-0.25, -0.2) is 4.39 Å². The first kappa shape index (κ1) is 20.5. The molecule has 7 heteroatoms. The van der Waals surface area contributed by atoms with Crippen molar-refractivity contribution in [1.29, 1.82) is 0 Å². The predicted molar refractivity (Wildman–Crippen MR) is 101 cm³/mol. The Balaban J connectivity index is 1.77. The third-order valence-corrected chi connectivity index (χ3v) is 4.38. The molecule has 3 aromatic rings. The summed E-state index contributed by atoms with van der Waals surface area (Å²) in [5, 5.41) is 12.7. The largest absolute Gasteiger partial charge is 0.416 e. The monoisotopic (exact) mass is 403 g/mol. The summed E-state index contributed by atoms with van der Waals surface area (Å²) in [6.45, 7) is -0.149. The van der Waals surface area contributed by atoms with Crippen LogP contribution >= 0.6 is 0 Å². The highest BCUT2D eigenvalue weighted by Crippen LogP contribution is 2.31. The van der Waals surface area contributed by atoms with E-state index in [-0.39, 0.29) is 12.1 Å². The van der Waals surface area contributed by atoms with Gasteiger partial charge in [0.1, 0.15) is 5.82 Å². The third kappa shape index (κ3) is 5.00. The average Bonchev–Trinajstić information content (AvgIpc) is 2.71. The number of carbonyl (C=O) groups is 1. The minimum atomic E-state index is -4.44. The van der Waals surface area contributed by atoms with Crippen LogP contribution in [0.25, 0.3) is 11.1 Å². The van der Waals surface area contributed by atoms with E-state index in [9.17, 15) is 27.5 Å². The molecule has 0 saturated heterocycles. The molecule has 29 heavy (non-hydrogen) atoms. The molecular formula is C22H17F4NO2. The minimum absolute atomic E-state index is 0.149. The van der Waals surface area contributed by atoms with Crippen LogP contribution in [0.2, 0.25) is 0 Å². The number of rotatable bonds is 5. The maximum absolute atomic E-state index is 13.3. The van der Waals surface area contributed by atoms with E-state index in [0.717, 1.165) is 12.1 Å². The number of alkyl halides is 3. The van der Waals surface area contributed by atoms with Gasteiger partial charge in [-0.15, -0.1) is 0 Å². The minimum Gasteiger partial charge on any atom is -0.387 e. The fraction of sp³-hybridized carbons (Fsp3) is 0.136. The molecule has 0 saturated carbocycles. The number of nitrogens with one attached hydrogen (secondary N) is 1. The first-order chi connectivity index (χ1) is 13.8. The summed E-state index contributed by atoms with van der Waals surface area (Å²) in [6, 6.07) is 16.4. The van der Waals surface area contributed by atoms with Crippen molar-refractivity contribution in [3.8, 4) is 11.1 Å². The van der Waals surface area contributed by atoms with E-state index in [2.05, 4.69) is 5.32 Å². The van der Waals surface area contributed by atoms with Crippen LogP contribution in [0.1, 0.15) is 27.6 Å². The second kappa shape index (κ2) is 8.45. The molecule has 3 rings (SSSR count). The Morgan fingerprint density at radius 1 is 0.966 bits per heavy atom. The molecule has 0 fully saturated rings. The Morgan fingerprint density at radius 2 is 1.66 bits per heavy atom. The quantitative estimate of drug-likeness (QED) is 0.591. The zero-order chi connectivity index (χ0) is 21.0. The summed E-state index contributed by atoms with van der Waals surface area (Å²) in [7, 11) is 0. The van der Waals surface area contributed by atoms with Crippen LogP contribution in [0.5, 0.6) is 0 Å². The molecule has 0 aliphatic heterocycles. The highest BCUT2D eigenvalue weighted by Gasteiger charge is 2.30. The third-order valence-electron chi connectivity index (χ3n) is 4.38. The van der Waals surface area contributed by atoms with Crippen LogP contribution in [-0.4, -0.2) is 17.6 Å². The molecule has 1 amide bonds. The van der Waals surface area contributed by atoms with Crippen LogP contribution in [0.15, 0.2) is 72.8 Å². The average molecular weight is 403 g/mol. The number of halogens is 4. The molecule has 0 radical (unpaired) electrons. The normalized spacial score (nSPS) is 12.4. The fourth-order valence-corrected chi connectivity index (χ4v) is 2.89. The highest BCUT2D eigenvalue weighted by atomic mass is 19.4. The number of hydrogen-bond acceptors (Lipinski definition) is 2. The van der Waals surface area contributed by atoms with Crippen molar-refractivity contribution in [2.45, 2.75) is 12.3 Å². The van der Waals surface area contributed by atoms with E-state index < -0.39 is 29.6 Å². The second-order valence-electron chi connectivity index (χ2n) is 6.40. The van der Waals surface area contributed by atoms with Crippen molar-refractivity contribution in [2.24, 2.45) is 0 Å². The number of aliphatic hydroxyl groups excluding tert-OH is 1. The smallest absolute Gasteiger partial charge is 0.387 e. The Labute approximate surface area is 164 Å². The van der Waals surface area contributed by atoms with Gasteiger partial charge in [-0.2, -0.15) is 13.2 Å². The number of carbonyl (C=O) groups excluding carboxylic acids is 1. The fourth-order valence-electron chi connectivity index (χ4n) is 2.89. The first-order valence-electron chi connectivity index (χ1n) is 8.74. The number of aliphatic hydroxyl groups is 1. The Kier molecular flexibility index (Phi) is 5.98. The van der Waals surface area contributed by atoms with Gasteiger partial charge in [-0.3, -0.25) is 4.79 Å². The van der Waals surface area contributed by atoms with E-state index in [0.29, 0.717) is 16.7 Å². The molecule has 1 atom stereocenters. The second-order valence-corrected chi connectivity index (χ2v) is 6.40. The maximum Gasteiger partial charge on any atom is 0.416 e. The Hall–Kier alpha value is -3.19. The van der Waals surface area contributed by atoms with Crippen molar-refractivity contribution in [3.63, 3.8) is 0 Å². The Bertz CT molecular complexity index is 1000. The van der Waals surface area contributed by atoms with Crippen LogP contribution in [0, 0.1) is 5.82 Å². The van der Waals surface area contributed by atoms with Gasteiger partial charge >= 0.3 is 6.18 Å². The topological polar surface area (TPSA) is 49.3 Å². The van der Waals surface area contributed by atoms with Crippen molar-refractivity contribution < 1.29 is 27.5 Å². The lowest BCUT2D eigenvalue weighted by Crippen LogP contribution is -2.28. The van der Waals surface area contributed by atoms with Crippen molar-refractivity contribution >= 4 is 5.91 Å². The van der Waals surface area contributed by atoms with Crippen molar-refractivity contribution in [3.05, 3.63) is 95.3 Å². The molecule has 3 nitrogen and oxygen atoms in total. The van der Waals surface area contributed by atoms with Crippen LogP contribution < -0.4 is 5.32 Å². The Morgan fingerprint density at radius 3 is 2.31 bits per heavy atom. The van der Waals surface area contributed by atoms with Crippen molar-refractivity contribution in [2.75, 3.05) is 6.54 Å². The molecule has 2 N–H and O–H groups in total. The molecule has 3 aromatic carbocycles. The lowest BCUT2D eigenvalue weighted by Gasteiger charge is -2.14. The standard InChI is InChI=1S/C22H17F4NO2/c23-17-5-3-4-15(12-17)20(28)13-27-21(29)19-7-2-1-6-18(19)14-8-10-16(11-9-14)22(24,25)26/h1-12,20,28H,13H2,(H,27,29). The van der Waals surface area contributed by atoms with E-state index >= 15 is 0 Å². The summed E-state index contributed by atoms with van der Waals surface area (Å²) >= 11 is 0. The number of hydrogen-bond donors (Lipinski definition) is 2. The number of amides is 1. The lowest BCUT2D eigenvalue weighted by molar-refractivity contribution is -0.137. The molecule has 0 aliphatic carbocycles. The molecule has 1 unspecified atom stereocenters. The van der Waals surface area contributed by atoms with E-state index in [4.69, 9.17) is 0 Å². The molecule has 150 valence electrons. The van der Waals surface area contributed by atoms with Gasteiger partial charge in [-0.05, 0) is 47.0 Å². The van der Waals surface area contributed by atoms with E-state index in [1.807, 2.05) is 0 Å². The molecule has 0 bridgehead atoms. The number of benzene rings is 3. The molecular weight excluding hydrogens is 386 g/mol. The van der Waals surface area contributed by atoms with Crippen LogP contribution in [0.3, 0.4) is 0 Å².